The molecule has 1 fully saturated rings. The number of benzene rings is 1. The van der Waals surface area contributed by atoms with E-state index < -0.39 is 10.0 Å². The molecule has 0 unspecified atom stereocenters. The number of aromatic nitrogens is 4. The number of aryl methyl sites for hydroxylation is 1. The Balaban J connectivity index is 1.50. The van der Waals surface area contributed by atoms with E-state index in [0.717, 1.165) is 5.69 Å². The third-order valence-corrected chi connectivity index (χ3v) is 7.02. The van der Waals surface area contributed by atoms with E-state index in [1.165, 1.54) is 27.7 Å². The van der Waals surface area contributed by atoms with Crippen LogP contribution in [-0.4, -0.2) is 71.7 Å². The third kappa shape index (κ3) is 3.83. The van der Waals surface area contributed by atoms with Crippen molar-refractivity contribution in [1.82, 2.24) is 23.4 Å². The van der Waals surface area contributed by atoms with E-state index in [1.54, 1.807) is 24.8 Å². The number of hydrogen-bond donors (Lipinski definition) is 0. The zero-order valence-electron chi connectivity index (χ0n) is 16.9. The Morgan fingerprint density at radius 2 is 1.87 bits per heavy atom. The van der Waals surface area contributed by atoms with Gasteiger partial charge in [-0.15, -0.1) is 0 Å². The van der Waals surface area contributed by atoms with Gasteiger partial charge < -0.3 is 14.2 Å². The Kier molecular flexibility index (Phi) is 5.58. The lowest BCUT2D eigenvalue weighted by Gasteiger charge is -2.35. The van der Waals surface area contributed by atoms with Gasteiger partial charge >= 0.3 is 0 Å². The highest BCUT2D eigenvalue weighted by Crippen LogP contribution is 2.22. The zero-order valence-corrected chi connectivity index (χ0v) is 17.7. The summed E-state index contributed by atoms with van der Waals surface area (Å²) in [6.45, 7) is 2.71. The largest absolute Gasteiger partial charge is 0.383 e. The van der Waals surface area contributed by atoms with Gasteiger partial charge in [-0.3, -0.25) is 9.36 Å². The van der Waals surface area contributed by atoms with Crippen LogP contribution in [0.2, 0.25) is 0 Å². The number of anilines is 1. The van der Waals surface area contributed by atoms with Crippen molar-refractivity contribution < 1.29 is 13.2 Å². The monoisotopic (exact) mass is 432 g/mol. The van der Waals surface area contributed by atoms with Crippen molar-refractivity contribution in [3.63, 3.8) is 0 Å². The first-order chi connectivity index (χ1) is 14.4. The molecule has 0 aliphatic carbocycles. The van der Waals surface area contributed by atoms with Gasteiger partial charge in [-0.1, -0.05) is 0 Å². The summed E-state index contributed by atoms with van der Waals surface area (Å²) in [6, 6.07) is 5.54. The molecule has 4 rings (SSSR count). The number of ether oxygens (including phenoxy) is 1. The first kappa shape index (κ1) is 20.5. The van der Waals surface area contributed by atoms with Crippen molar-refractivity contribution in [3.8, 4) is 0 Å². The lowest BCUT2D eigenvalue weighted by atomic mass is 10.2. The standard InChI is InChI=1S/C19H24N6O4S/c1-22-12-18(21-13-22)30(27,28)25-7-5-23(6-8-25)15-3-4-16-17(11-15)20-14-24(19(16)26)9-10-29-2/h3-4,11-14H,5-10H2,1-2H3. The average molecular weight is 433 g/mol. The highest BCUT2D eigenvalue weighted by molar-refractivity contribution is 7.89. The fourth-order valence-corrected chi connectivity index (χ4v) is 4.92. The minimum absolute atomic E-state index is 0.0677. The summed E-state index contributed by atoms with van der Waals surface area (Å²) < 4.78 is 35.1. The smallest absolute Gasteiger partial charge is 0.262 e. The summed E-state index contributed by atoms with van der Waals surface area (Å²) in [6.07, 6.45) is 4.52. The molecule has 2 aromatic heterocycles. The van der Waals surface area contributed by atoms with E-state index in [4.69, 9.17) is 4.74 Å². The molecule has 0 amide bonds. The molecule has 3 aromatic rings. The molecule has 1 aromatic carbocycles. The first-order valence-electron chi connectivity index (χ1n) is 9.61. The van der Waals surface area contributed by atoms with Crippen LogP contribution in [0.15, 0.2) is 46.9 Å². The van der Waals surface area contributed by atoms with Gasteiger partial charge in [0.05, 0.1) is 36.7 Å². The van der Waals surface area contributed by atoms with Crippen LogP contribution >= 0.6 is 0 Å². The van der Waals surface area contributed by atoms with Crippen molar-refractivity contribution in [2.24, 2.45) is 7.05 Å². The van der Waals surface area contributed by atoms with Gasteiger partial charge in [-0.25, -0.2) is 18.4 Å². The van der Waals surface area contributed by atoms with Crippen LogP contribution in [0.4, 0.5) is 5.69 Å². The van der Waals surface area contributed by atoms with Crippen molar-refractivity contribution in [1.29, 1.82) is 0 Å². The second kappa shape index (κ2) is 8.17. The van der Waals surface area contributed by atoms with E-state index in [2.05, 4.69) is 14.9 Å². The number of methoxy groups -OCH3 is 1. The molecule has 1 aliphatic heterocycles. The van der Waals surface area contributed by atoms with Gasteiger partial charge in [0, 0.05) is 52.2 Å². The number of rotatable bonds is 6. The summed E-state index contributed by atoms with van der Waals surface area (Å²) in [7, 11) is -0.261. The molecule has 0 saturated carbocycles. The van der Waals surface area contributed by atoms with Crippen molar-refractivity contribution in [2.45, 2.75) is 11.6 Å². The number of hydrogen-bond acceptors (Lipinski definition) is 7. The van der Waals surface area contributed by atoms with Gasteiger partial charge in [-0.2, -0.15) is 4.31 Å². The quantitative estimate of drug-likeness (QED) is 0.551. The molecule has 0 atom stereocenters. The molecule has 0 radical (unpaired) electrons. The molecule has 11 heteroatoms. The Hall–Kier alpha value is -2.76. The maximum atomic E-state index is 12.7. The average Bonchev–Trinajstić information content (AvgIpc) is 3.20. The normalized spacial score (nSPS) is 15.7. The molecule has 160 valence electrons. The minimum Gasteiger partial charge on any atom is -0.383 e. The number of piperazine rings is 1. The first-order valence-corrected chi connectivity index (χ1v) is 11.1. The molecule has 0 spiro atoms. The van der Waals surface area contributed by atoms with E-state index >= 15 is 0 Å². The maximum Gasteiger partial charge on any atom is 0.262 e. The Morgan fingerprint density at radius 3 is 2.53 bits per heavy atom. The van der Waals surface area contributed by atoms with Gasteiger partial charge in [-0.05, 0) is 18.2 Å². The predicted molar refractivity (Wildman–Crippen MR) is 112 cm³/mol. The second-order valence-electron chi connectivity index (χ2n) is 7.21. The molecular formula is C19H24N6O4S. The fourth-order valence-electron chi connectivity index (χ4n) is 3.53. The highest BCUT2D eigenvalue weighted by atomic mass is 32.2. The number of nitrogens with zero attached hydrogens (tertiary/aromatic N) is 6. The molecular weight excluding hydrogens is 408 g/mol. The molecule has 30 heavy (non-hydrogen) atoms. The van der Waals surface area contributed by atoms with Crippen LogP contribution < -0.4 is 10.5 Å². The van der Waals surface area contributed by atoms with Gasteiger partial charge in [0.2, 0.25) is 0 Å². The van der Waals surface area contributed by atoms with Crippen LogP contribution in [0, 0.1) is 0 Å². The lowest BCUT2D eigenvalue weighted by molar-refractivity contribution is 0.186. The van der Waals surface area contributed by atoms with Crippen molar-refractivity contribution in [3.05, 3.63) is 47.4 Å². The highest BCUT2D eigenvalue weighted by Gasteiger charge is 2.30. The van der Waals surface area contributed by atoms with E-state index in [0.29, 0.717) is 50.2 Å². The molecule has 0 N–H and O–H groups in total. The van der Waals surface area contributed by atoms with Gasteiger partial charge in [0.15, 0.2) is 5.03 Å². The summed E-state index contributed by atoms with van der Waals surface area (Å²) >= 11 is 0. The maximum absolute atomic E-state index is 12.7. The predicted octanol–water partition coefficient (Wildman–Crippen LogP) is 0.287. The van der Waals surface area contributed by atoms with E-state index in [-0.39, 0.29) is 10.6 Å². The Morgan fingerprint density at radius 1 is 1.10 bits per heavy atom. The molecule has 0 bridgehead atoms. The molecule has 1 aliphatic rings. The van der Waals surface area contributed by atoms with Crippen LogP contribution in [-0.2, 0) is 28.4 Å². The molecule has 1 saturated heterocycles. The Labute approximate surface area is 174 Å². The van der Waals surface area contributed by atoms with Crippen molar-refractivity contribution in [2.75, 3.05) is 44.8 Å². The fraction of sp³-hybridized carbons (Fsp3) is 0.421. The summed E-state index contributed by atoms with van der Waals surface area (Å²) in [5, 5.41) is 0.617. The lowest BCUT2D eigenvalue weighted by Crippen LogP contribution is -2.48. The van der Waals surface area contributed by atoms with Crippen molar-refractivity contribution >= 4 is 26.6 Å². The summed E-state index contributed by atoms with van der Waals surface area (Å²) in [4.78, 5) is 23.1. The van der Waals surface area contributed by atoms with Gasteiger partial charge in [0.25, 0.3) is 15.6 Å². The number of fused-ring (bicyclic) bond motifs is 1. The Bertz CT molecular complexity index is 1210. The van der Waals surface area contributed by atoms with Crippen LogP contribution in [0.5, 0.6) is 0 Å². The summed E-state index contributed by atoms with van der Waals surface area (Å²) in [5.74, 6) is 0. The zero-order chi connectivity index (χ0) is 21.3. The number of imidazole rings is 1. The second-order valence-corrected chi connectivity index (χ2v) is 9.09. The summed E-state index contributed by atoms with van der Waals surface area (Å²) in [5.41, 5.74) is 1.43. The minimum atomic E-state index is -3.59. The van der Waals surface area contributed by atoms with E-state index in [1.807, 2.05) is 12.1 Å². The third-order valence-electron chi connectivity index (χ3n) is 5.23. The SMILES string of the molecule is COCCn1cnc2cc(N3CCN(S(=O)(=O)c4cn(C)cn4)CC3)ccc2c1=O. The molecule has 3 heterocycles. The van der Waals surface area contributed by atoms with Crippen LogP contribution in [0.1, 0.15) is 0 Å². The van der Waals surface area contributed by atoms with E-state index in [9.17, 15) is 13.2 Å². The number of sulfonamides is 1. The van der Waals surface area contributed by atoms with Gasteiger partial charge in [0.1, 0.15) is 0 Å². The van der Waals surface area contributed by atoms with Crippen LogP contribution in [0.3, 0.4) is 0 Å². The topological polar surface area (TPSA) is 103 Å². The molecule has 10 nitrogen and oxygen atoms in total. The van der Waals surface area contributed by atoms with Crippen LogP contribution in [0.25, 0.3) is 10.9 Å².